The highest BCUT2D eigenvalue weighted by molar-refractivity contribution is 6.04. The number of carbonyl (C=O) groups excluding carboxylic acids is 2. The number of hydrogen-bond donors (Lipinski definition) is 1. The van der Waals surface area contributed by atoms with Crippen LogP contribution in [0, 0.1) is 6.92 Å². The summed E-state index contributed by atoms with van der Waals surface area (Å²) in [6.45, 7) is -1.40. The number of alkyl halides is 2. The lowest BCUT2D eigenvalue weighted by Crippen LogP contribution is -2.30. The number of pyridine rings is 1. The first-order valence-corrected chi connectivity index (χ1v) is 10.7. The van der Waals surface area contributed by atoms with Gasteiger partial charge in [0.25, 0.3) is 11.6 Å². The standard InChI is InChI=1S/C25H21F2N3O5/c1-15-22-19(13-20(29-23(22)35-30-15)17-5-3-2-4-6-17)24(32)33-14-21(31)28-12-11-16-7-9-18(10-8-16)34-25(26)27/h2-10,13,25H,11-12,14H2,1H3,(H,28,31). The number of halogens is 2. The first-order chi connectivity index (χ1) is 16.9. The van der Waals surface area contributed by atoms with Gasteiger partial charge >= 0.3 is 12.6 Å². The number of fused-ring (bicyclic) bond motifs is 1. The van der Waals surface area contributed by atoms with Gasteiger partial charge in [-0.2, -0.15) is 8.78 Å². The molecule has 1 amide bonds. The molecule has 2 heterocycles. The minimum atomic E-state index is -2.88. The van der Waals surface area contributed by atoms with E-state index >= 15 is 0 Å². The molecule has 4 aromatic rings. The van der Waals surface area contributed by atoms with Crippen LogP contribution in [0.2, 0.25) is 0 Å². The summed E-state index contributed by atoms with van der Waals surface area (Å²) in [6, 6.07) is 17.0. The van der Waals surface area contributed by atoms with E-state index in [1.54, 1.807) is 25.1 Å². The van der Waals surface area contributed by atoms with Crippen molar-refractivity contribution in [3.8, 4) is 17.0 Å². The second-order valence-corrected chi connectivity index (χ2v) is 7.57. The van der Waals surface area contributed by atoms with Crippen LogP contribution in [0.4, 0.5) is 8.78 Å². The minimum absolute atomic E-state index is 0.0587. The summed E-state index contributed by atoms with van der Waals surface area (Å²) in [6.07, 6.45) is 0.458. The van der Waals surface area contributed by atoms with E-state index in [0.29, 0.717) is 23.2 Å². The molecule has 0 aliphatic heterocycles. The van der Waals surface area contributed by atoms with Crippen LogP contribution >= 0.6 is 0 Å². The maximum absolute atomic E-state index is 12.8. The highest BCUT2D eigenvalue weighted by Gasteiger charge is 2.21. The fraction of sp³-hybridized carbons (Fsp3) is 0.200. The molecule has 180 valence electrons. The predicted molar refractivity (Wildman–Crippen MR) is 122 cm³/mol. The van der Waals surface area contributed by atoms with Crippen molar-refractivity contribution < 1.29 is 32.4 Å². The van der Waals surface area contributed by atoms with Crippen LogP contribution in [-0.4, -0.2) is 41.8 Å². The highest BCUT2D eigenvalue weighted by atomic mass is 19.3. The lowest BCUT2D eigenvalue weighted by Gasteiger charge is -2.09. The molecular formula is C25H21F2N3O5. The van der Waals surface area contributed by atoms with Crippen molar-refractivity contribution in [1.29, 1.82) is 0 Å². The molecule has 0 fully saturated rings. The molecule has 2 aromatic heterocycles. The van der Waals surface area contributed by atoms with E-state index in [0.717, 1.165) is 11.1 Å². The van der Waals surface area contributed by atoms with Crippen LogP contribution in [0.1, 0.15) is 21.6 Å². The first kappa shape index (κ1) is 23.8. The molecule has 0 spiro atoms. The van der Waals surface area contributed by atoms with Crippen LogP contribution < -0.4 is 10.1 Å². The van der Waals surface area contributed by atoms with Gasteiger partial charge < -0.3 is 19.3 Å². The Morgan fingerprint density at radius 1 is 1.09 bits per heavy atom. The molecule has 4 rings (SSSR count). The quantitative estimate of drug-likeness (QED) is 0.355. The average molecular weight is 481 g/mol. The van der Waals surface area contributed by atoms with Crippen LogP contribution in [0.3, 0.4) is 0 Å². The van der Waals surface area contributed by atoms with E-state index in [1.807, 2.05) is 30.3 Å². The molecule has 0 saturated carbocycles. The summed E-state index contributed by atoms with van der Waals surface area (Å²) in [4.78, 5) is 29.4. The zero-order valence-electron chi connectivity index (χ0n) is 18.7. The summed E-state index contributed by atoms with van der Waals surface area (Å²) in [5.41, 5.74) is 2.99. The molecule has 0 atom stereocenters. The van der Waals surface area contributed by atoms with E-state index in [1.165, 1.54) is 12.1 Å². The third-order valence-corrected chi connectivity index (χ3v) is 5.13. The number of carbonyl (C=O) groups is 2. The van der Waals surface area contributed by atoms with Crippen molar-refractivity contribution in [2.75, 3.05) is 13.2 Å². The Labute approximate surface area is 198 Å². The van der Waals surface area contributed by atoms with Crippen LogP contribution in [0.25, 0.3) is 22.4 Å². The topological polar surface area (TPSA) is 104 Å². The summed E-state index contributed by atoms with van der Waals surface area (Å²) < 4.78 is 39.2. The number of ether oxygens (including phenoxy) is 2. The van der Waals surface area contributed by atoms with Gasteiger partial charge in [0, 0.05) is 12.1 Å². The molecule has 0 saturated heterocycles. The molecule has 0 aliphatic rings. The molecule has 0 aliphatic carbocycles. The van der Waals surface area contributed by atoms with Gasteiger partial charge in [-0.05, 0) is 37.1 Å². The fourth-order valence-corrected chi connectivity index (χ4v) is 3.46. The number of amides is 1. The molecule has 8 nitrogen and oxygen atoms in total. The summed E-state index contributed by atoms with van der Waals surface area (Å²) in [5.74, 6) is -1.12. The van der Waals surface area contributed by atoms with E-state index in [-0.39, 0.29) is 23.6 Å². The third-order valence-electron chi connectivity index (χ3n) is 5.13. The van der Waals surface area contributed by atoms with E-state index in [4.69, 9.17) is 9.26 Å². The van der Waals surface area contributed by atoms with Gasteiger partial charge in [0.05, 0.1) is 22.3 Å². The molecule has 0 unspecified atom stereocenters. The Morgan fingerprint density at radius 2 is 1.83 bits per heavy atom. The van der Waals surface area contributed by atoms with Gasteiger partial charge in [-0.3, -0.25) is 4.79 Å². The van der Waals surface area contributed by atoms with Crippen molar-refractivity contribution in [3.05, 3.63) is 77.5 Å². The van der Waals surface area contributed by atoms with E-state index in [2.05, 4.69) is 20.2 Å². The van der Waals surface area contributed by atoms with Gasteiger partial charge in [-0.15, -0.1) is 0 Å². The van der Waals surface area contributed by atoms with Gasteiger partial charge in [0.1, 0.15) is 5.75 Å². The van der Waals surface area contributed by atoms with Crippen molar-refractivity contribution in [2.24, 2.45) is 0 Å². The number of nitrogens with zero attached hydrogens (tertiary/aromatic N) is 2. The molecule has 35 heavy (non-hydrogen) atoms. The second-order valence-electron chi connectivity index (χ2n) is 7.57. The van der Waals surface area contributed by atoms with Crippen molar-refractivity contribution in [1.82, 2.24) is 15.5 Å². The summed E-state index contributed by atoms with van der Waals surface area (Å²) in [7, 11) is 0. The number of benzene rings is 2. The van der Waals surface area contributed by atoms with Crippen LogP contribution in [-0.2, 0) is 16.0 Å². The number of hydrogen-bond acceptors (Lipinski definition) is 7. The first-order valence-electron chi connectivity index (χ1n) is 10.7. The van der Waals surface area contributed by atoms with Crippen molar-refractivity contribution >= 4 is 23.0 Å². The molecule has 0 bridgehead atoms. The second kappa shape index (κ2) is 10.7. The summed E-state index contributed by atoms with van der Waals surface area (Å²) in [5, 5.41) is 6.97. The van der Waals surface area contributed by atoms with Crippen LogP contribution in [0.15, 0.2) is 65.2 Å². The van der Waals surface area contributed by atoms with Gasteiger partial charge in [-0.1, -0.05) is 47.6 Å². The third kappa shape index (κ3) is 5.97. The van der Waals surface area contributed by atoms with Gasteiger partial charge in [-0.25, -0.2) is 9.78 Å². The number of aromatic nitrogens is 2. The Balaban J connectivity index is 1.35. The lowest BCUT2D eigenvalue weighted by atomic mass is 10.1. The molecular weight excluding hydrogens is 460 g/mol. The smallest absolute Gasteiger partial charge is 0.387 e. The van der Waals surface area contributed by atoms with E-state index in [9.17, 15) is 18.4 Å². The minimum Gasteiger partial charge on any atom is -0.452 e. The lowest BCUT2D eigenvalue weighted by molar-refractivity contribution is -0.124. The molecule has 10 heteroatoms. The zero-order valence-corrected chi connectivity index (χ0v) is 18.7. The zero-order chi connectivity index (χ0) is 24.8. The molecule has 0 radical (unpaired) electrons. The largest absolute Gasteiger partial charge is 0.452 e. The maximum atomic E-state index is 12.8. The number of esters is 1. The van der Waals surface area contributed by atoms with Gasteiger partial charge in [0.15, 0.2) is 6.61 Å². The van der Waals surface area contributed by atoms with Gasteiger partial charge in [0.2, 0.25) is 0 Å². The number of aryl methyl sites for hydroxylation is 1. The molecule has 1 N–H and O–H groups in total. The highest BCUT2D eigenvalue weighted by Crippen LogP contribution is 2.27. The molecule has 2 aromatic carbocycles. The Kier molecular flexibility index (Phi) is 7.30. The van der Waals surface area contributed by atoms with Crippen LogP contribution in [0.5, 0.6) is 5.75 Å². The average Bonchev–Trinajstić information content (AvgIpc) is 3.24. The summed E-state index contributed by atoms with van der Waals surface area (Å²) >= 11 is 0. The fourth-order valence-electron chi connectivity index (χ4n) is 3.46. The maximum Gasteiger partial charge on any atom is 0.387 e. The Bertz CT molecular complexity index is 1320. The SMILES string of the molecule is Cc1noc2nc(-c3ccccc3)cc(C(=O)OCC(=O)NCCc3ccc(OC(F)F)cc3)c12. The predicted octanol–water partition coefficient (Wildman–Crippen LogP) is 4.32. The Morgan fingerprint density at radius 3 is 2.54 bits per heavy atom. The Hall–Kier alpha value is -4.34. The number of rotatable bonds is 9. The van der Waals surface area contributed by atoms with E-state index < -0.39 is 25.1 Å². The normalized spacial score (nSPS) is 11.0. The van der Waals surface area contributed by atoms with Crippen molar-refractivity contribution in [3.63, 3.8) is 0 Å². The van der Waals surface area contributed by atoms with Crippen molar-refractivity contribution in [2.45, 2.75) is 20.0 Å². The monoisotopic (exact) mass is 481 g/mol. The number of nitrogens with one attached hydrogen (secondary N) is 1.